The van der Waals surface area contributed by atoms with E-state index in [1.807, 2.05) is 0 Å². The zero-order chi connectivity index (χ0) is 9.28. The van der Waals surface area contributed by atoms with Crippen LogP contribution in [0.3, 0.4) is 0 Å². The number of rotatable bonds is 3. The average Bonchev–Trinajstić information content (AvgIpc) is 1.56. The molecule has 0 aromatic carbocycles. The van der Waals surface area contributed by atoms with Crippen LogP contribution >= 0.6 is 30.8 Å². The third-order valence-electron chi connectivity index (χ3n) is 1.42. The van der Waals surface area contributed by atoms with Crippen molar-refractivity contribution in [3.63, 3.8) is 0 Å². The van der Waals surface area contributed by atoms with Gasteiger partial charge in [0, 0.05) is 0 Å². The van der Waals surface area contributed by atoms with Gasteiger partial charge < -0.3 is 0 Å². The van der Waals surface area contributed by atoms with Crippen LogP contribution in [0.4, 0.5) is 0 Å². The number of hydrogen-bond acceptors (Lipinski definition) is 1. The van der Waals surface area contributed by atoms with E-state index in [2.05, 4.69) is 33.8 Å². The van der Waals surface area contributed by atoms with E-state index >= 15 is 0 Å². The molecule has 0 spiro atoms. The summed E-state index contributed by atoms with van der Waals surface area (Å²) in [5.41, 5.74) is -0.0897. The first kappa shape index (κ1) is 12.0. The Morgan fingerprint density at radius 3 is 1.64 bits per heavy atom. The first-order chi connectivity index (χ1) is 4.65. The molecule has 0 N–H and O–H groups in total. The predicted octanol–water partition coefficient (Wildman–Crippen LogP) is 3.01. The summed E-state index contributed by atoms with van der Waals surface area (Å²) < 4.78 is 1.27. The second kappa shape index (κ2) is 3.79. The SMILES string of the molecule is CC(C)(C[PH](C)(C)C)N(Cl)Cl. The second-order valence-corrected chi connectivity index (χ2v) is 11.1. The fourth-order valence-corrected chi connectivity index (χ4v) is 4.43. The molecule has 0 aromatic rings. The number of nitrogens with zero attached hydrogens (tertiary/aromatic N) is 1. The average molecular weight is 218 g/mol. The van der Waals surface area contributed by atoms with Gasteiger partial charge in [0.1, 0.15) is 0 Å². The first-order valence-corrected chi connectivity index (χ1v) is 8.15. The van der Waals surface area contributed by atoms with Crippen molar-refractivity contribution in [2.75, 3.05) is 26.2 Å². The molecule has 0 unspecified atom stereocenters. The third-order valence-corrected chi connectivity index (χ3v) is 4.26. The van der Waals surface area contributed by atoms with Crippen LogP contribution < -0.4 is 0 Å². The molecule has 0 saturated heterocycles. The molecule has 0 aliphatic carbocycles. The summed E-state index contributed by atoms with van der Waals surface area (Å²) >= 11 is 11.4. The molecule has 4 heteroatoms. The molecular formula is C7H18Cl2NP. The Morgan fingerprint density at radius 1 is 1.18 bits per heavy atom. The summed E-state index contributed by atoms with van der Waals surface area (Å²) in [5, 5.41) is 0. The summed E-state index contributed by atoms with van der Waals surface area (Å²) in [5.74, 6) is 0. The van der Waals surface area contributed by atoms with Gasteiger partial charge in [-0.25, -0.2) is 0 Å². The Kier molecular flexibility index (Phi) is 4.12. The van der Waals surface area contributed by atoms with Gasteiger partial charge in [-0.15, -0.1) is 0 Å². The molecule has 0 rings (SSSR count). The molecule has 0 heterocycles. The Balaban J connectivity index is 4.13. The molecule has 70 valence electrons. The fourth-order valence-electron chi connectivity index (χ4n) is 1.36. The van der Waals surface area contributed by atoms with E-state index < -0.39 is 7.26 Å². The molecule has 0 radical (unpaired) electrons. The zero-order valence-electron chi connectivity index (χ0n) is 7.91. The summed E-state index contributed by atoms with van der Waals surface area (Å²) in [4.78, 5) is 0. The van der Waals surface area contributed by atoms with E-state index in [0.29, 0.717) is 0 Å². The minimum atomic E-state index is -1.07. The van der Waals surface area contributed by atoms with E-state index in [0.717, 1.165) is 6.16 Å². The van der Waals surface area contributed by atoms with Crippen molar-refractivity contribution < 1.29 is 0 Å². The number of halogens is 2. The molecular weight excluding hydrogens is 200 g/mol. The minimum absolute atomic E-state index is 0.0897. The van der Waals surface area contributed by atoms with Crippen LogP contribution in [-0.2, 0) is 0 Å². The van der Waals surface area contributed by atoms with Gasteiger partial charge >= 0.3 is 80.3 Å². The summed E-state index contributed by atoms with van der Waals surface area (Å²) in [7, 11) is -1.07. The van der Waals surface area contributed by atoms with Gasteiger partial charge in [0.25, 0.3) is 0 Å². The normalized spacial score (nSPS) is 15.6. The molecule has 0 saturated carbocycles. The van der Waals surface area contributed by atoms with Crippen molar-refractivity contribution in [1.82, 2.24) is 3.94 Å². The van der Waals surface area contributed by atoms with Crippen molar-refractivity contribution in [2.24, 2.45) is 0 Å². The van der Waals surface area contributed by atoms with Crippen molar-refractivity contribution in [2.45, 2.75) is 19.4 Å². The van der Waals surface area contributed by atoms with Crippen LogP contribution in [0.5, 0.6) is 0 Å². The van der Waals surface area contributed by atoms with Gasteiger partial charge in [-0.3, -0.25) is 0 Å². The molecule has 0 fully saturated rings. The van der Waals surface area contributed by atoms with Gasteiger partial charge in [-0.05, 0) is 0 Å². The number of hydrogen-bond donors (Lipinski definition) is 0. The predicted molar refractivity (Wildman–Crippen MR) is 58.6 cm³/mol. The van der Waals surface area contributed by atoms with Gasteiger partial charge in [-0.1, -0.05) is 0 Å². The van der Waals surface area contributed by atoms with E-state index in [9.17, 15) is 0 Å². The summed E-state index contributed by atoms with van der Waals surface area (Å²) in [6.45, 7) is 11.1. The van der Waals surface area contributed by atoms with Gasteiger partial charge in [0.2, 0.25) is 0 Å². The van der Waals surface area contributed by atoms with Crippen LogP contribution in [0, 0.1) is 0 Å². The van der Waals surface area contributed by atoms with Crippen LogP contribution in [-0.4, -0.2) is 35.6 Å². The third kappa shape index (κ3) is 5.25. The van der Waals surface area contributed by atoms with Crippen molar-refractivity contribution in [3.8, 4) is 0 Å². The molecule has 0 bridgehead atoms. The van der Waals surface area contributed by atoms with Crippen molar-refractivity contribution >= 4 is 30.8 Å². The maximum atomic E-state index is 5.70. The maximum absolute atomic E-state index is 5.70. The van der Waals surface area contributed by atoms with E-state index in [4.69, 9.17) is 23.6 Å². The summed E-state index contributed by atoms with van der Waals surface area (Å²) in [6, 6.07) is 0. The monoisotopic (exact) mass is 217 g/mol. The van der Waals surface area contributed by atoms with Crippen molar-refractivity contribution in [1.29, 1.82) is 0 Å². The van der Waals surface area contributed by atoms with Crippen LogP contribution in [0.15, 0.2) is 0 Å². The Hall–Kier alpha value is 0.970. The molecule has 0 aliphatic rings. The first-order valence-electron chi connectivity index (χ1n) is 3.77. The van der Waals surface area contributed by atoms with Crippen LogP contribution in [0.1, 0.15) is 13.8 Å². The standard InChI is InChI=1S/C7H18Cl2NP/c1-7(2,10(8)9)6-11(3,4)5/h11H,6H2,1-5H3. The van der Waals surface area contributed by atoms with Crippen LogP contribution in [0.2, 0.25) is 0 Å². The van der Waals surface area contributed by atoms with Crippen LogP contribution in [0.25, 0.3) is 0 Å². The summed E-state index contributed by atoms with van der Waals surface area (Å²) in [6.07, 6.45) is 1.10. The zero-order valence-corrected chi connectivity index (χ0v) is 10.4. The molecule has 0 aromatic heterocycles. The topological polar surface area (TPSA) is 3.24 Å². The Morgan fingerprint density at radius 2 is 1.55 bits per heavy atom. The van der Waals surface area contributed by atoms with Gasteiger partial charge in [0.15, 0.2) is 0 Å². The Labute approximate surface area is 80.6 Å². The van der Waals surface area contributed by atoms with Gasteiger partial charge in [-0.2, -0.15) is 0 Å². The molecule has 1 nitrogen and oxygen atoms in total. The van der Waals surface area contributed by atoms with Crippen molar-refractivity contribution in [3.05, 3.63) is 0 Å². The van der Waals surface area contributed by atoms with Gasteiger partial charge in [0.05, 0.1) is 0 Å². The molecule has 0 atom stereocenters. The molecule has 11 heavy (non-hydrogen) atoms. The second-order valence-electron chi connectivity index (χ2n) is 4.78. The molecule has 0 amide bonds. The fraction of sp³-hybridized carbons (Fsp3) is 1.00. The van der Waals surface area contributed by atoms with E-state index in [-0.39, 0.29) is 5.54 Å². The Bertz CT molecular complexity index is 129. The quantitative estimate of drug-likeness (QED) is 0.519. The molecule has 0 aliphatic heterocycles. The van der Waals surface area contributed by atoms with E-state index in [1.54, 1.807) is 0 Å². The van der Waals surface area contributed by atoms with E-state index in [1.165, 1.54) is 3.94 Å².